The molecule has 1 unspecified atom stereocenters. The fourth-order valence-electron chi connectivity index (χ4n) is 3.61. The van der Waals surface area contributed by atoms with Crippen LogP contribution in [0.15, 0.2) is 78.9 Å². The highest BCUT2D eigenvalue weighted by Gasteiger charge is 2.25. The number of halogens is 2. The van der Waals surface area contributed by atoms with Gasteiger partial charge in [-0.2, -0.15) is 0 Å². The lowest BCUT2D eigenvalue weighted by molar-refractivity contribution is 0.0942. The molecule has 31 heavy (non-hydrogen) atoms. The number of benzene rings is 4. The maximum Gasteiger partial charge on any atom is 0.252 e. The quantitative estimate of drug-likeness (QED) is 0.370. The van der Waals surface area contributed by atoms with E-state index in [9.17, 15) is 9.90 Å². The zero-order chi connectivity index (χ0) is 22.0. The zero-order valence-electron chi connectivity index (χ0n) is 16.6. The molecule has 4 rings (SSSR count). The van der Waals surface area contributed by atoms with Crippen molar-refractivity contribution in [2.24, 2.45) is 0 Å². The van der Waals surface area contributed by atoms with Gasteiger partial charge in [-0.3, -0.25) is 4.79 Å². The van der Waals surface area contributed by atoms with Crippen LogP contribution < -0.4 is 10.1 Å². The smallest absolute Gasteiger partial charge is 0.252 e. The minimum atomic E-state index is -0.713. The summed E-state index contributed by atoms with van der Waals surface area (Å²) in [7, 11) is 1.54. The molecule has 0 saturated heterocycles. The number of ether oxygens (including phenoxy) is 1. The number of hydrogen-bond acceptors (Lipinski definition) is 3. The molecule has 156 valence electrons. The fraction of sp³-hybridized carbons (Fsp3) is 0.0800. The molecular formula is C25H19Cl2NO3. The van der Waals surface area contributed by atoms with E-state index in [1.807, 2.05) is 30.3 Å². The van der Waals surface area contributed by atoms with Crippen LogP contribution in [0.4, 0.5) is 0 Å². The van der Waals surface area contributed by atoms with Crippen molar-refractivity contribution >= 4 is 39.9 Å². The number of methoxy groups -OCH3 is 1. The Morgan fingerprint density at radius 2 is 1.77 bits per heavy atom. The topological polar surface area (TPSA) is 58.6 Å². The standard InChI is InChI=1S/C25H19Cl2NO3/c1-31-18-7-4-6-16(13-18)25(30)28-24(20-11-10-17(26)14-21(20)27)23-19-8-3-2-5-15(19)9-12-22(23)29/h2-14,24,29H,1H3,(H,28,30). The molecule has 1 amide bonds. The first-order valence-electron chi connectivity index (χ1n) is 9.58. The normalized spacial score (nSPS) is 11.8. The number of amides is 1. The molecule has 0 aliphatic rings. The van der Waals surface area contributed by atoms with Crippen molar-refractivity contribution in [1.29, 1.82) is 0 Å². The molecule has 2 N–H and O–H groups in total. The summed E-state index contributed by atoms with van der Waals surface area (Å²) in [4.78, 5) is 13.2. The number of carbonyl (C=O) groups is 1. The van der Waals surface area contributed by atoms with Crippen molar-refractivity contribution in [2.45, 2.75) is 6.04 Å². The van der Waals surface area contributed by atoms with Gasteiger partial charge in [0.1, 0.15) is 11.5 Å². The van der Waals surface area contributed by atoms with Gasteiger partial charge in [0.2, 0.25) is 0 Å². The summed E-state index contributed by atoms with van der Waals surface area (Å²) in [6.45, 7) is 0. The second-order valence-electron chi connectivity index (χ2n) is 7.02. The van der Waals surface area contributed by atoms with Crippen LogP contribution in [0, 0.1) is 0 Å². The second kappa shape index (κ2) is 8.88. The molecule has 4 aromatic carbocycles. The van der Waals surface area contributed by atoms with E-state index in [4.69, 9.17) is 27.9 Å². The van der Waals surface area contributed by atoms with Gasteiger partial charge in [-0.15, -0.1) is 0 Å². The third kappa shape index (κ3) is 4.31. The van der Waals surface area contributed by atoms with Gasteiger partial charge in [-0.05, 0) is 52.7 Å². The summed E-state index contributed by atoms with van der Waals surface area (Å²) in [6, 6.07) is 22.3. The molecule has 0 heterocycles. The summed E-state index contributed by atoms with van der Waals surface area (Å²) in [5.74, 6) is 0.296. The highest BCUT2D eigenvalue weighted by Crippen LogP contribution is 2.39. The van der Waals surface area contributed by atoms with Crippen molar-refractivity contribution in [1.82, 2.24) is 5.32 Å². The van der Waals surface area contributed by atoms with Crippen molar-refractivity contribution in [3.63, 3.8) is 0 Å². The highest BCUT2D eigenvalue weighted by molar-refractivity contribution is 6.35. The third-order valence-electron chi connectivity index (χ3n) is 5.12. The van der Waals surface area contributed by atoms with Gasteiger partial charge in [0.25, 0.3) is 5.91 Å². The van der Waals surface area contributed by atoms with Crippen LogP contribution in [0.3, 0.4) is 0 Å². The number of rotatable bonds is 5. The molecule has 4 nitrogen and oxygen atoms in total. The summed E-state index contributed by atoms with van der Waals surface area (Å²) in [5.41, 5.74) is 1.60. The van der Waals surface area contributed by atoms with Crippen molar-refractivity contribution in [3.05, 3.63) is 106 Å². The van der Waals surface area contributed by atoms with Gasteiger partial charge in [-0.25, -0.2) is 0 Å². The van der Waals surface area contributed by atoms with Crippen LogP contribution in [-0.4, -0.2) is 18.1 Å². The Morgan fingerprint density at radius 3 is 2.55 bits per heavy atom. The minimum absolute atomic E-state index is 0.0562. The molecule has 0 radical (unpaired) electrons. The lowest BCUT2D eigenvalue weighted by Gasteiger charge is -2.24. The van der Waals surface area contributed by atoms with Crippen LogP contribution in [0.1, 0.15) is 27.5 Å². The summed E-state index contributed by atoms with van der Waals surface area (Å²) < 4.78 is 5.23. The Labute approximate surface area is 190 Å². The molecule has 4 aromatic rings. The maximum absolute atomic E-state index is 13.2. The van der Waals surface area contributed by atoms with Crippen LogP contribution in [0.2, 0.25) is 10.0 Å². The Kier molecular flexibility index (Phi) is 6.03. The SMILES string of the molecule is COc1cccc(C(=O)NC(c2ccc(Cl)cc2Cl)c2c(O)ccc3ccccc23)c1. The highest BCUT2D eigenvalue weighted by atomic mass is 35.5. The average Bonchev–Trinajstić information content (AvgIpc) is 2.78. The predicted octanol–water partition coefficient (Wildman–Crippen LogP) is 6.38. The van der Waals surface area contributed by atoms with Crippen molar-refractivity contribution in [2.75, 3.05) is 7.11 Å². The molecule has 0 aromatic heterocycles. The van der Waals surface area contributed by atoms with E-state index in [1.165, 1.54) is 0 Å². The molecule has 0 spiro atoms. The molecule has 0 fully saturated rings. The Bertz CT molecular complexity index is 1270. The second-order valence-corrected chi connectivity index (χ2v) is 7.87. The van der Waals surface area contributed by atoms with Crippen molar-refractivity contribution < 1.29 is 14.6 Å². The number of hydrogen-bond donors (Lipinski definition) is 2. The van der Waals surface area contributed by atoms with Crippen LogP contribution in [0.25, 0.3) is 10.8 Å². The summed E-state index contributed by atoms with van der Waals surface area (Å²) >= 11 is 12.6. The first-order chi connectivity index (χ1) is 15.0. The number of phenolic OH excluding ortho intramolecular Hbond substituents is 1. The predicted molar refractivity (Wildman–Crippen MR) is 124 cm³/mol. The molecular weight excluding hydrogens is 433 g/mol. The molecule has 1 atom stereocenters. The van der Waals surface area contributed by atoms with Crippen LogP contribution >= 0.6 is 23.2 Å². The van der Waals surface area contributed by atoms with E-state index in [0.29, 0.717) is 32.5 Å². The lowest BCUT2D eigenvalue weighted by atomic mass is 9.92. The number of nitrogens with one attached hydrogen (secondary N) is 1. The van der Waals surface area contributed by atoms with E-state index in [2.05, 4.69) is 5.32 Å². The number of aromatic hydroxyl groups is 1. The monoisotopic (exact) mass is 451 g/mol. The Balaban J connectivity index is 1.87. The molecule has 0 aliphatic carbocycles. The van der Waals surface area contributed by atoms with Gasteiger partial charge in [-0.1, -0.05) is 65.7 Å². The summed E-state index contributed by atoms with van der Waals surface area (Å²) in [6.07, 6.45) is 0. The largest absolute Gasteiger partial charge is 0.508 e. The Morgan fingerprint density at radius 1 is 0.968 bits per heavy atom. The zero-order valence-corrected chi connectivity index (χ0v) is 18.1. The van der Waals surface area contributed by atoms with Gasteiger partial charge in [0.15, 0.2) is 0 Å². The van der Waals surface area contributed by atoms with E-state index in [-0.39, 0.29) is 11.7 Å². The molecule has 6 heteroatoms. The Hall–Kier alpha value is -3.21. The van der Waals surface area contributed by atoms with Crippen molar-refractivity contribution in [3.8, 4) is 11.5 Å². The molecule has 0 aliphatic heterocycles. The fourth-order valence-corrected chi connectivity index (χ4v) is 4.12. The van der Waals surface area contributed by atoms with E-state index in [0.717, 1.165) is 10.8 Å². The third-order valence-corrected chi connectivity index (χ3v) is 5.68. The van der Waals surface area contributed by atoms with Gasteiger partial charge >= 0.3 is 0 Å². The molecule has 0 bridgehead atoms. The maximum atomic E-state index is 13.2. The average molecular weight is 452 g/mol. The minimum Gasteiger partial charge on any atom is -0.508 e. The molecule has 0 saturated carbocycles. The van der Waals surface area contributed by atoms with E-state index < -0.39 is 6.04 Å². The van der Waals surface area contributed by atoms with Crippen LogP contribution in [0.5, 0.6) is 11.5 Å². The first kappa shape index (κ1) is 21.0. The number of fused-ring (bicyclic) bond motifs is 1. The van der Waals surface area contributed by atoms with Gasteiger partial charge in [0.05, 0.1) is 13.2 Å². The van der Waals surface area contributed by atoms with E-state index in [1.54, 1.807) is 55.6 Å². The number of phenols is 1. The first-order valence-corrected chi connectivity index (χ1v) is 10.3. The van der Waals surface area contributed by atoms with Crippen LogP contribution in [-0.2, 0) is 0 Å². The lowest BCUT2D eigenvalue weighted by Crippen LogP contribution is -2.29. The van der Waals surface area contributed by atoms with Gasteiger partial charge in [0, 0.05) is 21.2 Å². The van der Waals surface area contributed by atoms with Gasteiger partial charge < -0.3 is 15.2 Å². The van der Waals surface area contributed by atoms with E-state index >= 15 is 0 Å². The number of carbonyl (C=O) groups excluding carboxylic acids is 1. The summed E-state index contributed by atoms with van der Waals surface area (Å²) in [5, 5.41) is 16.4.